The topological polar surface area (TPSA) is 64.6 Å². The number of hydrogen-bond donors (Lipinski definition) is 1. The van der Waals surface area contributed by atoms with Gasteiger partial charge >= 0.3 is 0 Å². The Balaban J connectivity index is 1.64. The van der Waals surface area contributed by atoms with Crippen LogP contribution in [0.25, 0.3) is 0 Å². The van der Waals surface area contributed by atoms with E-state index in [1.54, 1.807) is 7.11 Å². The number of ketones is 1. The van der Waals surface area contributed by atoms with Crippen LogP contribution in [0.4, 0.5) is 0 Å². The molecule has 0 spiro atoms. The molecular formula is C24H24BrNO4. The first-order chi connectivity index (χ1) is 14.5. The fraction of sp³-hybridized carbons (Fsp3) is 0.333. The number of methoxy groups -OCH3 is 1. The number of amides is 1. The molecule has 1 N–H and O–H groups in total. The minimum absolute atomic E-state index is 0.0496. The van der Waals surface area contributed by atoms with E-state index in [-0.39, 0.29) is 29.9 Å². The Morgan fingerprint density at radius 2 is 1.77 bits per heavy atom. The molecule has 0 fully saturated rings. The van der Waals surface area contributed by atoms with Gasteiger partial charge in [0.05, 0.1) is 18.2 Å². The minimum Gasteiger partial charge on any atom is -0.496 e. The summed E-state index contributed by atoms with van der Waals surface area (Å²) in [6, 6.07) is 13.6. The molecule has 156 valence electrons. The molecule has 5 nitrogen and oxygen atoms in total. The van der Waals surface area contributed by atoms with Crippen LogP contribution in [0.3, 0.4) is 0 Å². The molecular weight excluding hydrogens is 446 g/mol. The number of halogens is 1. The Hall–Kier alpha value is -2.60. The standard InChI is InChI=1S/C24H24BrNO4/c1-3-30-17-7-4-14(5-8-17)16-11-20-24(21(27)12-16)18(13-23(28)26-20)15-6-9-22(29-2)19(25)10-15/h4-10,16,18H,3,11-13H2,1-2H3,(H,26,28). The van der Waals surface area contributed by atoms with Crippen LogP contribution < -0.4 is 14.8 Å². The molecule has 0 bridgehead atoms. The first-order valence-electron chi connectivity index (χ1n) is 10.1. The average molecular weight is 470 g/mol. The van der Waals surface area contributed by atoms with E-state index >= 15 is 0 Å². The van der Waals surface area contributed by atoms with Gasteiger partial charge in [-0.25, -0.2) is 0 Å². The van der Waals surface area contributed by atoms with Gasteiger partial charge in [0, 0.05) is 30.0 Å². The second-order valence-corrected chi connectivity index (χ2v) is 8.48. The molecule has 2 atom stereocenters. The predicted octanol–water partition coefficient (Wildman–Crippen LogP) is 4.86. The van der Waals surface area contributed by atoms with Gasteiger partial charge in [0.15, 0.2) is 5.78 Å². The number of carbonyl (C=O) groups is 2. The molecule has 30 heavy (non-hydrogen) atoms. The van der Waals surface area contributed by atoms with E-state index in [4.69, 9.17) is 9.47 Å². The lowest BCUT2D eigenvalue weighted by Gasteiger charge is -2.34. The molecule has 1 aliphatic carbocycles. The molecule has 1 amide bonds. The Morgan fingerprint density at radius 3 is 2.43 bits per heavy atom. The normalized spacial score (nSPS) is 21.2. The van der Waals surface area contributed by atoms with Crippen LogP contribution in [0, 0.1) is 0 Å². The Morgan fingerprint density at radius 1 is 1.03 bits per heavy atom. The van der Waals surface area contributed by atoms with E-state index in [2.05, 4.69) is 21.2 Å². The van der Waals surface area contributed by atoms with E-state index in [0.29, 0.717) is 19.4 Å². The molecule has 0 aromatic heterocycles. The van der Waals surface area contributed by atoms with Crippen molar-refractivity contribution in [3.63, 3.8) is 0 Å². The third kappa shape index (κ3) is 4.01. The summed E-state index contributed by atoms with van der Waals surface area (Å²) in [6.45, 7) is 2.57. The van der Waals surface area contributed by atoms with E-state index in [1.807, 2.05) is 49.4 Å². The lowest BCUT2D eigenvalue weighted by molar-refractivity contribution is -0.122. The number of rotatable bonds is 5. The van der Waals surface area contributed by atoms with Crippen molar-refractivity contribution >= 4 is 27.6 Å². The summed E-state index contributed by atoms with van der Waals surface area (Å²) in [5.74, 6) is 1.41. The highest BCUT2D eigenvalue weighted by molar-refractivity contribution is 9.10. The second kappa shape index (κ2) is 8.64. The van der Waals surface area contributed by atoms with Crippen LogP contribution in [0.5, 0.6) is 11.5 Å². The maximum atomic E-state index is 13.2. The number of ether oxygens (including phenoxy) is 2. The van der Waals surface area contributed by atoms with Crippen molar-refractivity contribution in [3.8, 4) is 11.5 Å². The summed E-state index contributed by atoms with van der Waals surface area (Å²) < 4.78 is 11.6. The van der Waals surface area contributed by atoms with Crippen LogP contribution in [0.15, 0.2) is 58.2 Å². The fourth-order valence-corrected chi connectivity index (χ4v) is 4.94. The van der Waals surface area contributed by atoms with Gasteiger partial charge in [0.1, 0.15) is 11.5 Å². The number of hydrogen-bond acceptors (Lipinski definition) is 4. The van der Waals surface area contributed by atoms with Gasteiger partial charge in [-0.3, -0.25) is 9.59 Å². The number of benzene rings is 2. The third-order valence-corrected chi connectivity index (χ3v) is 6.40. The summed E-state index contributed by atoms with van der Waals surface area (Å²) in [5, 5.41) is 2.98. The van der Waals surface area contributed by atoms with Gasteiger partial charge in [-0.15, -0.1) is 0 Å². The second-order valence-electron chi connectivity index (χ2n) is 7.62. The maximum absolute atomic E-state index is 13.2. The van der Waals surface area contributed by atoms with Crippen LogP contribution in [0.2, 0.25) is 0 Å². The Kier molecular flexibility index (Phi) is 5.95. The molecule has 1 aliphatic heterocycles. The molecule has 2 aromatic rings. The molecule has 0 saturated carbocycles. The number of nitrogens with one attached hydrogen (secondary N) is 1. The number of carbonyl (C=O) groups excluding carboxylic acids is 2. The molecule has 2 unspecified atom stereocenters. The predicted molar refractivity (Wildman–Crippen MR) is 118 cm³/mol. The minimum atomic E-state index is -0.232. The van der Waals surface area contributed by atoms with Crippen molar-refractivity contribution in [3.05, 3.63) is 69.3 Å². The largest absolute Gasteiger partial charge is 0.496 e. The molecule has 0 radical (unpaired) electrons. The molecule has 2 aromatic carbocycles. The SMILES string of the molecule is CCOc1ccc(C2CC(=O)C3=C(C2)NC(=O)CC3c2ccc(OC)c(Br)c2)cc1. The summed E-state index contributed by atoms with van der Waals surface area (Å²) >= 11 is 3.51. The van der Waals surface area contributed by atoms with Crippen molar-refractivity contribution in [2.24, 2.45) is 0 Å². The summed E-state index contributed by atoms with van der Waals surface area (Å²) in [6.07, 6.45) is 1.36. The fourth-order valence-electron chi connectivity index (χ4n) is 4.38. The van der Waals surface area contributed by atoms with Crippen molar-refractivity contribution in [1.82, 2.24) is 5.32 Å². The van der Waals surface area contributed by atoms with Crippen LogP contribution in [-0.4, -0.2) is 25.4 Å². The van der Waals surface area contributed by atoms with E-state index < -0.39 is 0 Å². The number of Topliss-reactive ketones (excluding diaryl/α,β-unsaturated/α-hetero) is 1. The third-order valence-electron chi connectivity index (χ3n) is 5.78. The van der Waals surface area contributed by atoms with Crippen LogP contribution in [-0.2, 0) is 9.59 Å². The Bertz CT molecular complexity index is 1010. The number of allylic oxidation sites excluding steroid dienone is 2. The van der Waals surface area contributed by atoms with Crippen LogP contribution >= 0.6 is 15.9 Å². The first kappa shape index (κ1) is 20.7. The highest BCUT2D eigenvalue weighted by Gasteiger charge is 2.38. The maximum Gasteiger partial charge on any atom is 0.225 e. The van der Waals surface area contributed by atoms with E-state index in [9.17, 15) is 9.59 Å². The average Bonchev–Trinajstić information content (AvgIpc) is 2.73. The summed E-state index contributed by atoms with van der Waals surface area (Å²) in [5.41, 5.74) is 3.53. The van der Waals surface area contributed by atoms with Crippen molar-refractivity contribution in [2.75, 3.05) is 13.7 Å². The zero-order valence-corrected chi connectivity index (χ0v) is 18.6. The lowest BCUT2D eigenvalue weighted by Crippen LogP contribution is -2.38. The van der Waals surface area contributed by atoms with Crippen molar-refractivity contribution in [2.45, 2.75) is 38.0 Å². The highest BCUT2D eigenvalue weighted by atomic mass is 79.9. The highest BCUT2D eigenvalue weighted by Crippen LogP contribution is 2.43. The van der Waals surface area contributed by atoms with Gasteiger partial charge in [-0.1, -0.05) is 18.2 Å². The molecule has 6 heteroatoms. The molecule has 4 rings (SSSR count). The van der Waals surface area contributed by atoms with E-state index in [1.165, 1.54) is 0 Å². The zero-order chi connectivity index (χ0) is 21.3. The lowest BCUT2D eigenvalue weighted by atomic mass is 9.73. The van der Waals surface area contributed by atoms with E-state index in [0.717, 1.165) is 38.4 Å². The van der Waals surface area contributed by atoms with Gasteiger partial charge < -0.3 is 14.8 Å². The first-order valence-corrected chi connectivity index (χ1v) is 10.9. The quantitative estimate of drug-likeness (QED) is 0.678. The zero-order valence-electron chi connectivity index (χ0n) is 17.0. The van der Waals surface area contributed by atoms with Gasteiger partial charge in [0.2, 0.25) is 5.91 Å². The summed E-state index contributed by atoms with van der Waals surface area (Å²) in [7, 11) is 1.61. The smallest absolute Gasteiger partial charge is 0.225 e. The van der Waals surface area contributed by atoms with Crippen molar-refractivity contribution < 1.29 is 19.1 Å². The molecule has 1 heterocycles. The summed E-state index contributed by atoms with van der Waals surface area (Å²) in [4.78, 5) is 25.7. The molecule has 2 aliphatic rings. The van der Waals surface area contributed by atoms with Gasteiger partial charge in [-0.05, 0) is 70.6 Å². The molecule has 0 saturated heterocycles. The van der Waals surface area contributed by atoms with Gasteiger partial charge in [0.25, 0.3) is 0 Å². The monoisotopic (exact) mass is 469 g/mol. The van der Waals surface area contributed by atoms with Crippen LogP contribution in [0.1, 0.15) is 49.1 Å². The Labute approximate surface area is 184 Å². The van der Waals surface area contributed by atoms with Gasteiger partial charge in [-0.2, -0.15) is 0 Å². The van der Waals surface area contributed by atoms with Crippen molar-refractivity contribution in [1.29, 1.82) is 0 Å².